The molecule has 0 fully saturated rings. The van der Waals surface area contributed by atoms with E-state index in [4.69, 9.17) is 11.6 Å². The molecule has 1 unspecified atom stereocenters. The van der Waals surface area contributed by atoms with Gasteiger partial charge in [-0.1, -0.05) is 35.9 Å². The van der Waals surface area contributed by atoms with E-state index in [1.54, 1.807) is 48.2 Å². The topological polar surface area (TPSA) is 66.4 Å². The molecular formula is C16H18ClNO3S2. The van der Waals surface area contributed by atoms with Gasteiger partial charge in [0.1, 0.15) is 0 Å². The van der Waals surface area contributed by atoms with E-state index in [0.29, 0.717) is 16.1 Å². The molecule has 124 valence electrons. The van der Waals surface area contributed by atoms with Crippen LogP contribution in [0, 0.1) is 0 Å². The van der Waals surface area contributed by atoms with Crippen LogP contribution in [0.5, 0.6) is 0 Å². The Morgan fingerprint density at radius 2 is 1.74 bits per heavy atom. The number of rotatable bonds is 7. The zero-order valence-corrected chi connectivity index (χ0v) is 15.0. The van der Waals surface area contributed by atoms with Crippen molar-refractivity contribution in [2.24, 2.45) is 0 Å². The minimum absolute atomic E-state index is 0.0610. The first kappa shape index (κ1) is 18.3. The minimum atomic E-state index is -3.52. The van der Waals surface area contributed by atoms with Crippen LogP contribution in [-0.2, 0) is 15.8 Å². The van der Waals surface area contributed by atoms with E-state index in [-0.39, 0.29) is 12.3 Å². The molecule has 0 saturated heterocycles. The molecule has 0 spiro atoms. The van der Waals surface area contributed by atoms with E-state index in [9.17, 15) is 13.5 Å². The number of nitrogens with one attached hydrogen (secondary N) is 1. The summed E-state index contributed by atoms with van der Waals surface area (Å²) in [4.78, 5) is 1.09. The van der Waals surface area contributed by atoms with Crippen molar-refractivity contribution in [2.75, 3.05) is 12.8 Å². The fraction of sp³-hybridized carbons (Fsp3) is 0.250. The predicted octanol–water partition coefficient (Wildman–Crippen LogP) is 3.21. The summed E-state index contributed by atoms with van der Waals surface area (Å²) in [6.07, 6.45) is 1.09. The molecule has 7 heteroatoms. The Hall–Kier alpha value is -1.05. The van der Waals surface area contributed by atoms with Gasteiger partial charge < -0.3 is 5.11 Å². The molecule has 23 heavy (non-hydrogen) atoms. The summed E-state index contributed by atoms with van der Waals surface area (Å²) in [7, 11) is -3.52. The molecule has 2 aromatic rings. The average molecular weight is 372 g/mol. The van der Waals surface area contributed by atoms with E-state index >= 15 is 0 Å². The smallest absolute Gasteiger partial charge is 0.215 e. The van der Waals surface area contributed by atoms with Gasteiger partial charge in [0, 0.05) is 16.5 Å². The summed E-state index contributed by atoms with van der Waals surface area (Å²) in [5.74, 6) is -0.150. The second kappa shape index (κ2) is 8.17. The number of aliphatic hydroxyl groups excluding tert-OH is 1. The Balaban J connectivity index is 1.93. The number of hydrogen-bond donors (Lipinski definition) is 2. The van der Waals surface area contributed by atoms with Crippen LogP contribution in [0.1, 0.15) is 17.2 Å². The van der Waals surface area contributed by atoms with Crippen LogP contribution < -0.4 is 4.72 Å². The van der Waals surface area contributed by atoms with Gasteiger partial charge in [0.2, 0.25) is 10.0 Å². The van der Waals surface area contributed by atoms with Gasteiger partial charge in [0.15, 0.2) is 0 Å². The summed E-state index contributed by atoms with van der Waals surface area (Å²) in [5.41, 5.74) is 1.32. The van der Waals surface area contributed by atoms with Gasteiger partial charge in [-0.2, -0.15) is 0 Å². The van der Waals surface area contributed by atoms with Crippen molar-refractivity contribution in [1.29, 1.82) is 0 Å². The summed E-state index contributed by atoms with van der Waals surface area (Å²) < 4.78 is 26.6. The predicted molar refractivity (Wildman–Crippen MR) is 95.3 cm³/mol. The Labute approximate surface area is 145 Å². The second-order valence-electron chi connectivity index (χ2n) is 5.02. The first-order valence-corrected chi connectivity index (χ1v) is 10.2. The lowest BCUT2D eigenvalue weighted by Crippen LogP contribution is -2.29. The van der Waals surface area contributed by atoms with Crippen LogP contribution >= 0.6 is 23.4 Å². The fourth-order valence-electron chi connectivity index (χ4n) is 2.00. The number of sulfonamides is 1. The SMILES string of the molecule is CSc1ccc(C(O)CNS(=O)(=O)Cc2ccc(Cl)cc2)cc1. The Kier molecular flexibility index (Phi) is 6.50. The molecule has 2 rings (SSSR count). The molecule has 0 saturated carbocycles. The zero-order chi connectivity index (χ0) is 16.9. The van der Waals surface area contributed by atoms with Gasteiger partial charge in [-0.05, 0) is 41.6 Å². The van der Waals surface area contributed by atoms with Crippen molar-refractivity contribution >= 4 is 33.4 Å². The highest BCUT2D eigenvalue weighted by Gasteiger charge is 2.15. The third-order valence-electron chi connectivity index (χ3n) is 3.27. The van der Waals surface area contributed by atoms with E-state index in [1.165, 1.54) is 0 Å². The molecule has 0 bridgehead atoms. The molecule has 4 nitrogen and oxygen atoms in total. The normalized spacial score (nSPS) is 13.0. The number of hydrogen-bond acceptors (Lipinski definition) is 4. The monoisotopic (exact) mass is 371 g/mol. The minimum Gasteiger partial charge on any atom is -0.387 e. The third kappa shape index (κ3) is 5.82. The van der Waals surface area contributed by atoms with Gasteiger partial charge in [-0.15, -0.1) is 11.8 Å². The van der Waals surface area contributed by atoms with Crippen molar-refractivity contribution in [3.63, 3.8) is 0 Å². The van der Waals surface area contributed by atoms with Crippen LogP contribution in [-0.4, -0.2) is 26.3 Å². The summed E-state index contributed by atoms with van der Waals surface area (Å²) in [6, 6.07) is 14.0. The lowest BCUT2D eigenvalue weighted by atomic mass is 10.1. The molecular weight excluding hydrogens is 354 g/mol. The highest BCUT2D eigenvalue weighted by atomic mass is 35.5. The van der Waals surface area contributed by atoms with Gasteiger partial charge >= 0.3 is 0 Å². The van der Waals surface area contributed by atoms with E-state index < -0.39 is 16.1 Å². The molecule has 0 aliphatic heterocycles. The quantitative estimate of drug-likeness (QED) is 0.733. The molecule has 1 atom stereocenters. The van der Waals surface area contributed by atoms with Crippen molar-refractivity contribution in [3.05, 3.63) is 64.7 Å². The van der Waals surface area contributed by atoms with Crippen LogP contribution in [0.25, 0.3) is 0 Å². The fourth-order valence-corrected chi connectivity index (χ4v) is 3.68. The number of halogens is 1. The number of thioether (sulfide) groups is 1. The Morgan fingerprint density at radius 1 is 1.13 bits per heavy atom. The Bertz CT molecular complexity index is 731. The maximum absolute atomic E-state index is 12.1. The molecule has 0 aliphatic carbocycles. The first-order valence-electron chi connectivity index (χ1n) is 6.93. The van der Waals surface area contributed by atoms with Crippen LogP contribution in [0.3, 0.4) is 0 Å². The third-order valence-corrected chi connectivity index (χ3v) is 5.58. The molecule has 0 amide bonds. The van der Waals surface area contributed by atoms with Crippen molar-refractivity contribution < 1.29 is 13.5 Å². The highest BCUT2D eigenvalue weighted by Crippen LogP contribution is 2.19. The van der Waals surface area contributed by atoms with Crippen LogP contribution in [0.15, 0.2) is 53.4 Å². The van der Waals surface area contributed by atoms with E-state index in [0.717, 1.165) is 4.90 Å². The molecule has 0 aromatic heterocycles. The van der Waals surface area contributed by atoms with Gasteiger partial charge in [-0.25, -0.2) is 13.1 Å². The second-order valence-corrected chi connectivity index (χ2v) is 8.15. The van der Waals surface area contributed by atoms with Crippen molar-refractivity contribution in [1.82, 2.24) is 4.72 Å². The van der Waals surface area contributed by atoms with E-state index in [2.05, 4.69) is 4.72 Å². The lowest BCUT2D eigenvalue weighted by molar-refractivity contribution is 0.182. The van der Waals surface area contributed by atoms with Crippen molar-refractivity contribution in [3.8, 4) is 0 Å². The summed E-state index contributed by atoms with van der Waals surface area (Å²) in [5, 5.41) is 10.7. The maximum atomic E-state index is 12.1. The average Bonchev–Trinajstić information content (AvgIpc) is 2.55. The molecule has 2 N–H and O–H groups in total. The summed E-state index contributed by atoms with van der Waals surface area (Å²) >= 11 is 7.38. The van der Waals surface area contributed by atoms with Gasteiger partial charge in [0.25, 0.3) is 0 Å². The largest absolute Gasteiger partial charge is 0.387 e. The molecule has 0 radical (unpaired) electrons. The molecule has 0 heterocycles. The van der Waals surface area contributed by atoms with Gasteiger partial charge in [-0.3, -0.25) is 0 Å². The lowest BCUT2D eigenvalue weighted by Gasteiger charge is -2.13. The molecule has 0 aliphatic rings. The van der Waals surface area contributed by atoms with Crippen molar-refractivity contribution in [2.45, 2.75) is 16.8 Å². The maximum Gasteiger partial charge on any atom is 0.215 e. The van der Waals surface area contributed by atoms with E-state index in [1.807, 2.05) is 18.4 Å². The number of aliphatic hydroxyl groups is 1. The van der Waals surface area contributed by atoms with Crippen LogP contribution in [0.2, 0.25) is 5.02 Å². The van der Waals surface area contributed by atoms with Crippen LogP contribution in [0.4, 0.5) is 0 Å². The first-order chi connectivity index (χ1) is 10.9. The highest BCUT2D eigenvalue weighted by molar-refractivity contribution is 7.98. The summed E-state index contributed by atoms with van der Waals surface area (Å²) in [6.45, 7) is -0.0610. The Morgan fingerprint density at radius 3 is 2.30 bits per heavy atom. The number of benzene rings is 2. The zero-order valence-electron chi connectivity index (χ0n) is 12.6. The molecule has 2 aromatic carbocycles. The standard InChI is InChI=1S/C16H18ClNO3S2/c1-22-15-8-4-13(5-9-15)16(19)10-18-23(20,21)11-12-2-6-14(17)7-3-12/h2-9,16,18-19H,10-11H2,1H3. The van der Waals surface area contributed by atoms with Gasteiger partial charge in [0.05, 0.1) is 11.9 Å².